The van der Waals surface area contributed by atoms with E-state index in [9.17, 15) is 9.59 Å². The summed E-state index contributed by atoms with van der Waals surface area (Å²) in [5.41, 5.74) is 0. The van der Waals surface area contributed by atoms with Crippen molar-refractivity contribution in [2.45, 2.75) is 13.3 Å². The van der Waals surface area contributed by atoms with Gasteiger partial charge in [-0.3, -0.25) is 9.59 Å². The van der Waals surface area contributed by atoms with Crippen LogP contribution in [0.5, 0.6) is 0 Å². The quantitative estimate of drug-likeness (QED) is 0.874. The van der Waals surface area contributed by atoms with E-state index >= 15 is 0 Å². The highest BCUT2D eigenvalue weighted by Gasteiger charge is 2.08. The van der Waals surface area contributed by atoms with Gasteiger partial charge in [0.15, 0.2) is 5.82 Å². The summed E-state index contributed by atoms with van der Waals surface area (Å²) in [6.07, 6.45) is 0.184. The Balaban J connectivity index is 1.71. The van der Waals surface area contributed by atoms with Gasteiger partial charge in [-0.15, -0.1) is 11.3 Å². The summed E-state index contributed by atoms with van der Waals surface area (Å²) in [5, 5.41) is 10.7. The molecule has 2 aromatic heterocycles. The van der Waals surface area contributed by atoms with Crippen molar-refractivity contribution >= 4 is 29.0 Å². The van der Waals surface area contributed by atoms with Crippen LogP contribution in [0.1, 0.15) is 21.9 Å². The van der Waals surface area contributed by atoms with E-state index in [1.54, 1.807) is 25.1 Å². The van der Waals surface area contributed by atoms with Crippen LogP contribution in [0, 0.1) is 6.92 Å². The van der Waals surface area contributed by atoms with Gasteiger partial charge >= 0.3 is 0 Å². The molecule has 0 unspecified atom stereocenters. The molecule has 0 aliphatic carbocycles. The Morgan fingerprint density at radius 3 is 2.95 bits per heavy atom. The Kier molecular flexibility index (Phi) is 4.30. The van der Waals surface area contributed by atoms with E-state index < -0.39 is 0 Å². The standard InChI is InChI=1S/C12H13N3O3S/c1-8-7-10(15-18-8)14-11(16)4-5-13-12(17)9-3-2-6-19-9/h2-3,6-7H,4-5H2,1H3,(H,13,17)(H,14,15,16). The molecule has 6 nitrogen and oxygen atoms in total. The monoisotopic (exact) mass is 279 g/mol. The SMILES string of the molecule is Cc1cc(NC(=O)CCNC(=O)c2cccs2)no1. The molecule has 19 heavy (non-hydrogen) atoms. The number of carbonyl (C=O) groups excluding carboxylic acids is 2. The van der Waals surface area contributed by atoms with Gasteiger partial charge < -0.3 is 15.2 Å². The van der Waals surface area contributed by atoms with Crippen molar-refractivity contribution < 1.29 is 14.1 Å². The highest BCUT2D eigenvalue weighted by atomic mass is 32.1. The predicted octanol–water partition coefficient (Wildman–Crippen LogP) is 1.80. The number of amides is 2. The van der Waals surface area contributed by atoms with Gasteiger partial charge in [0.1, 0.15) is 5.76 Å². The number of nitrogens with zero attached hydrogens (tertiary/aromatic N) is 1. The van der Waals surface area contributed by atoms with Crippen LogP contribution in [0.15, 0.2) is 28.1 Å². The zero-order valence-corrected chi connectivity index (χ0v) is 11.1. The molecule has 0 saturated heterocycles. The molecule has 7 heteroatoms. The molecule has 0 radical (unpaired) electrons. The zero-order chi connectivity index (χ0) is 13.7. The van der Waals surface area contributed by atoms with E-state index in [2.05, 4.69) is 15.8 Å². The Bertz CT molecular complexity index is 563. The minimum atomic E-state index is -0.222. The highest BCUT2D eigenvalue weighted by molar-refractivity contribution is 7.12. The van der Waals surface area contributed by atoms with E-state index in [0.717, 1.165) is 0 Å². The number of carbonyl (C=O) groups is 2. The van der Waals surface area contributed by atoms with Crippen molar-refractivity contribution in [2.75, 3.05) is 11.9 Å². The summed E-state index contributed by atoms with van der Waals surface area (Å²) in [6.45, 7) is 2.02. The second kappa shape index (κ2) is 6.14. The average molecular weight is 279 g/mol. The fourth-order valence-corrected chi connectivity index (χ4v) is 2.06. The summed E-state index contributed by atoms with van der Waals surface area (Å²) >= 11 is 1.36. The Hall–Kier alpha value is -2.15. The molecule has 0 bridgehead atoms. The van der Waals surface area contributed by atoms with E-state index in [1.807, 2.05) is 5.38 Å². The van der Waals surface area contributed by atoms with E-state index in [1.165, 1.54) is 11.3 Å². The molecular formula is C12H13N3O3S. The summed E-state index contributed by atoms with van der Waals surface area (Å²) < 4.78 is 4.82. The van der Waals surface area contributed by atoms with Gasteiger partial charge in [-0.25, -0.2) is 0 Å². The Morgan fingerprint density at radius 2 is 2.32 bits per heavy atom. The van der Waals surface area contributed by atoms with Crippen molar-refractivity contribution in [2.24, 2.45) is 0 Å². The van der Waals surface area contributed by atoms with E-state index in [-0.39, 0.29) is 24.8 Å². The Labute approximate surface area is 113 Å². The van der Waals surface area contributed by atoms with Gasteiger partial charge in [0, 0.05) is 19.0 Å². The maximum absolute atomic E-state index is 11.6. The summed E-state index contributed by atoms with van der Waals surface area (Å²) in [4.78, 5) is 23.8. The molecule has 2 heterocycles. The van der Waals surface area contributed by atoms with Crippen LogP contribution >= 0.6 is 11.3 Å². The number of hydrogen-bond acceptors (Lipinski definition) is 5. The number of anilines is 1. The molecule has 2 rings (SSSR count). The lowest BCUT2D eigenvalue weighted by molar-refractivity contribution is -0.116. The first-order valence-electron chi connectivity index (χ1n) is 5.70. The third kappa shape index (κ3) is 3.92. The van der Waals surface area contributed by atoms with Gasteiger partial charge in [0.25, 0.3) is 5.91 Å². The molecule has 100 valence electrons. The summed E-state index contributed by atoms with van der Waals surface area (Å²) in [7, 11) is 0. The van der Waals surface area contributed by atoms with Crippen LogP contribution in [0.2, 0.25) is 0 Å². The van der Waals surface area contributed by atoms with Crippen molar-refractivity contribution in [3.63, 3.8) is 0 Å². The first-order chi connectivity index (χ1) is 9.15. The molecule has 2 N–H and O–H groups in total. The van der Waals surface area contributed by atoms with Gasteiger partial charge in [0.2, 0.25) is 5.91 Å². The minimum absolute atomic E-state index is 0.167. The molecule has 2 aromatic rings. The second-order valence-electron chi connectivity index (χ2n) is 3.85. The van der Waals surface area contributed by atoms with E-state index in [4.69, 9.17) is 4.52 Å². The molecule has 0 aliphatic rings. The van der Waals surface area contributed by atoms with Gasteiger partial charge in [-0.2, -0.15) is 0 Å². The molecular weight excluding hydrogens is 266 g/mol. The van der Waals surface area contributed by atoms with Gasteiger partial charge in [0.05, 0.1) is 4.88 Å². The fourth-order valence-electron chi connectivity index (χ4n) is 1.42. The Morgan fingerprint density at radius 1 is 1.47 bits per heavy atom. The van der Waals surface area contributed by atoms with Gasteiger partial charge in [-0.05, 0) is 18.4 Å². The van der Waals surface area contributed by atoms with Crippen LogP contribution < -0.4 is 10.6 Å². The van der Waals surface area contributed by atoms with Crippen molar-refractivity contribution in [1.82, 2.24) is 10.5 Å². The largest absolute Gasteiger partial charge is 0.360 e. The maximum Gasteiger partial charge on any atom is 0.261 e. The van der Waals surface area contributed by atoms with Crippen molar-refractivity contribution in [3.05, 3.63) is 34.2 Å². The average Bonchev–Trinajstić information content (AvgIpc) is 3.00. The maximum atomic E-state index is 11.6. The topological polar surface area (TPSA) is 84.2 Å². The third-order valence-corrected chi connectivity index (χ3v) is 3.15. The fraction of sp³-hybridized carbons (Fsp3) is 0.250. The van der Waals surface area contributed by atoms with Crippen molar-refractivity contribution in [3.8, 4) is 0 Å². The van der Waals surface area contributed by atoms with Crippen LogP contribution in [-0.4, -0.2) is 23.5 Å². The highest BCUT2D eigenvalue weighted by Crippen LogP contribution is 2.08. The lowest BCUT2D eigenvalue weighted by Gasteiger charge is -2.03. The van der Waals surface area contributed by atoms with Crippen LogP contribution in [0.3, 0.4) is 0 Å². The number of aromatic nitrogens is 1. The number of aryl methyl sites for hydroxylation is 1. The number of hydrogen-bond donors (Lipinski definition) is 2. The summed E-state index contributed by atoms with van der Waals surface area (Å²) in [6, 6.07) is 5.17. The lowest BCUT2D eigenvalue weighted by atomic mass is 10.3. The minimum Gasteiger partial charge on any atom is -0.360 e. The first kappa shape index (κ1) is 13.3. The van der Waals surface area contributed by atoms with Gasteiger partial charge in [-0.1, -0.05) is 11.2 Å². The molecule has 0 aromatic carbocycles. The molecule has 2 amide bonds. The number of thiophene rings is 1. The molecule has 0 spiro atoms. The molecule has 0 saturated carbocycles. The predicted molar refractivity (Wildman–Crippen MR) is 71.1 cm³/mol. The van der Waals surface area contributed by atoms with Crippen LogP contribution in [-0.2, 0) is 4.79 Å². The normalized spacial score (nSPS) is 10.2. The van der Waals surface area contributed by atoms with Crippen LogP contribution in [0.25, 0.3) is 0 Å². The van der Waals surface area contributed by atoms with E-state index in [0.29, 0.717) is 16.5 Å². The van der Waals surface area contributed by atoms with Crippen LogP contribution in [0.4, 0.5) is 5.82 Å². The van der Waals surface area contributed by atoms with Crippen molar-refractivity contribution in [1.29, 1.82) is 0 Å². The smallest absolute Gasteiger partial charge is 0.261 e. The molecule has 0 aliphatic heterocycles. The third-order valence-electron chi connectivity index (χ3n) is 2.28. The number of nitrogens with one attached hydrogen (secondary N) is 2. The molecule has 0 fully saturated rings. The lowest BCUT2D eigenvalue weighted by Crippen LogP contribution is -2.27. The number of rotatable bonds is 5. The second-order valence-corrected chi connectivity index (χ2v) is 4.80. The zero-order valence-electron chi connectivity index (χ0n) is 10.3. The summed E-state index contributed by atoms with van der Waals surface area (Å²) in [5.74, 6) is 0.619. The first-order valence-corrected chi connectivity index (χ1v) is 6.58. The molecule has 0 atom stereocenters.